The first-order valence-corrected chi connectivity index (χ1v) is 13.9. The lowest BCUT2D eigenvalue weighted by Gasteiger charge is -2.37. The summed E-state index contributed by atoms with van der Waals surface area (Å²) in [5.41, 5.74) is 4.13. The molecular weight excluding hydrogens is 480 g/mol. The first kappa shape index (κ1) is 27.2. The van der Waals surface area contributed by atoms with Gasteiger partial charge in [0.2, 0.25) is 0 Å². The van der Waals surface area contributed by atoms with Crippen LogP contribution < -0.4 is 4.90 Å². The van der Waals surface area contributed by atoms with Gasteiger partial charge in [0.15, 0.2) is 0 Å². The average molecular weight is 519 g/mol. The number of anilines is 1. The molecule has 0 spiro atoms. The molecule has 0 aromatic heterocycles. The molecule has 196 valence electrons. The molecule has 5 heteroatoms. The van der Waals surface area contributed by atoms with Crippen molar-refractivity contribution in [3.63, 3.8) is 0 Å². The number of carbonyl (C=O) groups excluding carboxylic acids is 1. The van der Waals surface area contributed by atoms with Gasteiger partial charge in [-0.15, -0.1) is 0 Å². The van der Waals surface area contributed by atoms with Gasteiger partial charge in [0.05, 0.1) is 11.5 Å². The number of ether oxygens (including phenoxy) is 1. The minimum absolute atomic E-state index is 0.0958. The van der Waals surface area contributed by atoms with Gasteiger partial charge in [-0.25, -0.2) is 0 Å². The second kappa shape index (κ2) is 12.6. The monoisotopic (exact) mass is 518 g/mol. The van der Waals surface area contributed by atoms with Gasteiger partial charge in [0.25, 0.3) is 0 Å². The van der Waals surface area contributed by atoms with E-state index in [4.69, 9.17) is 16.3 Å². The fraction of sp³-hybridized carbons (Fsp3) is 0.406. The van der Waals surface area contributed by atoms with Crippen LogP contribution in [0.25, 0.3) is 11.1 Å². The Morgan fingerprint density at radius 3 is 2.27 bits per heavy atom. The van der Waals surface area contributed by atoms with Crippen LogP contribution in [-0.4, -0.2) is 49.7 Å². The van der Waals surface area contributed by atoms with Gasteiger partial charge in [-0.05, 0) is 80.6 Å². The highest BCUT2D eigenvalue weighted by molar-refractivity contribution is 6.30. The predicted molar refractivity (Wildman–Crippen MR) is 154 cm³/mol. The number of benzene rings is 3. The first-order valence-electron chi connectivity index (χ1n) is 13.5. The zero-order valence-electron chi connectivity index (χ0n) is 22.3. The van der Waals surface area contributed by atoms with Crippen molar-refractivity contribution < 1.29 is 9.53 Å². The molecule has 0 N–H and O–H groups in total. The molecule has 0 bridgehead atoms. The van der Waals surface area contributed by atoms with Crippen molar-refractivity contribution in [3.05, 3.63) is 89.4 Å². The van der Waals surface area contributed by atoms with E-state index in [0.29, 0.717) is 0 Å². The Labute approximate surface area is 227 Å². The summed E-state index contributed by atoms with van der Waals surface area (Å²) in [4.78, 5) is 18.3. The maximum atomic E-state index is 13.3. The normalized spacial score (nSPS) is 16.0. The minimum Gasteiger partial charge on any atom is -0.462 e. The molecule has 0 aliphatic carbocycles. The minimum atomic E-state index is -0.588. The van der Waals surface area contributed by atoms with Crippen molar-refractivity contribution in [2.24, 2.45) is 0 Å². The Bertz CT molecular complexity index is 1140. The van der Waals surface area contributed by atoms with E-state index in [0.717, 1.165) is 62.6 Å². The number of halogens is 1. The third-order valence-electron chi connectivity index (χ3n) is 7.50. The molecule has 0 radical (unpaired) electrons. The van der Waals surface area contributed by atoms with Gasteiger partial charge in [-0.3, -0.25) is 9.69 Å². The molecule has 4 nitrogen and oxygen atoms in total. The van der Waals surface area contributed by atoms with E-state index >= 15 is 0 Å². The Balaban J connectivity index is 1.35. The van der Waals surface area contributed by atoms with E-state index in [2.05, 4.69) is 65.3 Å². The van der Waals surface area contributed by atoms with E-state index in [-0.39, 0.29) is 12.1 Å². The van der Waals surface area contributed by atoms with Gasteiger partial charge in [-0.1, -0.05) is 73.1 Å². The maximum Gasteiger partial charge on any atom is 0.316 e. The summed E-state index contributed by atoms with van der Waals surface area (Å²) in [5.74, 6) is -0.0958. The molecule has 1 saturated heterocycles. The smallest absolute Gasteiger partial charge is 0.316 e. The molecule has 1 heterocycles. The third kappa shape index (κ3) is 6.74. The highest BCUT2D eigenvalue weighted by atomic mass is 35.5. The van der Waals surface area contributed by atoms with Crippen molar-refractivity contribution in [2.45, 2.75) is 51.6 Å². The van der Waals surface area contributed by atoms with Crippen LogP contribution in [0, 0.1) is 0 Å². The summed E-state index contributed by atoms with van der Waals surface area (Å²) in [5, 5.41) is 0.757. The van der Waals surface area contributed by atoms with Crippen LogP contribution >= 0.6 is 11.6 Å². The molecule has 1 fully saturated rings. The fourth-order valence-electron chi connectivity index (χ4n) is 5.33. The summed E-state index contributed by atoms with van der Waals surface area (Å²) < 4.78 is 5.75. The number of rotatable bonds is 10. The SMILES string of the molecule is CCC(CCCN1CCN(c2cccc(-c3ccc(Cl)cc3)c2)CC1)(C(=O)OC(C)C)c1ccccc1. The first-order chi connectivity index (χ1) is 17.9. The topological polar surface area (TPSA) is 32.8 Å². The van der Waals surface area contributed by atoms with Crippen molar-refractivity contribution in [1.29, 1.82) is 0 Å². The fourth-order valence-corrected chi connectivity index (χ4v) is 5.46. The molecular formula is C32H39ClN2O2. The van der Waals surface area contributed by atoms with Crippen LogP contribution in [0.1, 0.15) is 45.6 Å². The van der Waals surface area contributed by atoms with Gasteiger partial charge < -0.3 is 9.64 Å². The number of hydrogen-bond acceptors (Lipinski definition) is 4. The molecule has 1 unspecified atom stereocenters. The van der Waals surface area contributed by atoms with Crippen LogP contribution in [0.15, 0.2) is 78.9 Å². The molecule has 0 saturated carbocycles. The van der Waals surface area contributed by atoms with Crippen LogP contribution in [-0.2, 0) is 14.9 Å². The molecule has 37 heavy (non-hydrogen) atoms. The number of nitrogens with zero attached hydrogens (tertiary/aromatic N) is 2. The lowest BCUT2D eigenvalue weighted by molar-refractivity contribution is -0.155. The second-order valence-corrected chi connectivity index (χ2v) is 10.7. The highest BCUT2D eigenvalue weighted by Gasteiger charge is 2.40. The zero-order valence-corrected chi connectivity index (χ0v) is 23.1. The van der Waals surface area contributed by atoms with E-state index in [1.54, 1.807) is 0 Å². The van der Waals surface area contributed by atoms with Crippen LogP contribution in [0.4, 0.5) is 5.69 Å². The van der Waals surface area contributed by atoms with Crippen molar-refractivity contribution in [3.8, 4) is 11.1 Å². The quantitative estimate of drug-likeness (QED) is 0.265. The Morgan fingerprint density at radius 2 is 1.62 bits per heavy atom. The van der Waals surface area contributed by atoms with E-state index in [9.17, 15) is 4.79 Å². The molecule has 3 aromatic carbocycles. The summed E-state index contributed by atoms with van der Waals surface area (Å²) in [6.07, 6.45) is 2.37. The Morgan fingerprint density at radius 1 is 0.919 bits per heavy atom. The standard InChI is InChI=1S/C32H39ClN2O2/c1-4-32(31(36)37-25(2)3,28-11-6-5-7-12-28)18-9-19-34-20-22-35(23-21-34)30-13-8-10-27(24-30)26-14-16-29(33)17-15-26/h5-8,10-17,24-25H,4,9,18-23H2,1-3H3. The van der Waals surface area contributed by atoms with E-state index in [1.165, 1.54) is 16.8 Å². The van der Waals surface area contributed by atoms with Crippen molar-refractivity contribution >= 4 is 23.3 Å². The number of piperazine rings is 1. The van der Waals surface area contributed by atoms with Gasteiger partial charge in [0, 0.05) is 36.9 Å². The second-order valence-electron chi connectivity index (χ2n) is 10.2. The molecule has 1 aliphatic heterocycles. The third-order valence-corrected chi connectivity index (χ3v) is 7.75. The highest BCUT2D eigenvalue weighted by Crippen LogP contribution is 2.35. The molecule has 1 atom stereocenters. The average Bonchev–Trinajstić information content (AvgIpc) is 2.92. The van der Waals surface area contributed by atoms with E-state index in [1.807, 2.05) is 44.2 Å². The lowest BCUT2D eigenvalue weighted by Crippen LogP contribution is -2.47. The Hall–Kier alpha value is -2.82. The van der Waals surface area contributed by atoms with Crippen molar-refractivity contribution in [1.82, 2.24) is 4.90 Å². The predicted octanol–water partition coefficient (Wildman–Crippen LogP) is 7.21. The van der Waals surface area contributed by atoms with Gasteiger partial charge in [0.1, 0.15) is 0 Å². The zero-order chi connectivity index (χ0) is 26.3. The maximum absolute atomic E-state index is 13.3. The summed E-state index contributed by atoms with van der Waals surface area (Å²) in [7, 11) is 0. The lowest BCUT2D eigenvalue weighted by atomic mass is 9.74. The van der Waals surface area contributed by atoms with Crippen molar-refractivity contribution in [2.75, 3.05) is 37.6 Å². The molecule has 3 aromatic rings. The number of hydrogen-bond donors (Lipinski definition) is 0. The van der Waals surface area contributed by atoms with E-state index < -0.39 is 5.41 Å². The van der Waals surface area contributed by atoms with Crippen LogP contribution in [0.3, 0.4) is 0 Å². The van der Waals surface area contributed by atoms with Gasteiger partial charge in [-0.2, -0.15) is 0 Å². The molecule has 0 amide bonds. The summed E-state index contributed by atoms with van der Waals surface area (Å²) in [6.45, 7) is 11.0. The Kier molecular flexibility index (Phi) is 9.28. The summed E-state index contributed by atoms with van der Waals surface area (Å²) >= 11 is 6.07. The molecule has 1 aliphatic rings. The van der Waals surface area contributed by atoms with Gasteiger partial charge >= 0.3 is 5.97 Å². The summed E-state index contributed by atoms with van der Waals surface area (Å²) in [6, 6.07) is 27.0. The van der Waals surface area contributed by atoms with Crippen LogP contribution in [0.5, 0.6) is 0 Å². The molecule has 4 rings (SSSR count). The van der Waals surface area contributed by atoms with Crippen LogP contribution in [0.2, 0.25) is 5.02 Å². The number of esters is 1. The largest absolute Gasteiger partial charge is 0.462 e. The number of carbonyl (C=O) groups is 1.